The van der Waals surface area contributed by atoms with Crippen LogP contribution in [0, 0.1) is 0 Å². The third-order valence-corrected chi connectivity index (χ3v) is 9.30. The third-order valence-electron chi connectivity index (χ3n) is 8.64. The van der Waals surface area contributed by atoms with Crippen LogP contribution in [0.25, 0.3) is 22.5 Å². The van der Waals surface area contributed by atoms with Crippen molar-refractivity contribution in [1.29, 1.82) is 0 Å². The van der Waals surface area contributed by atoms with E-state index in [-0.39, 0.29) is 5.69 Å². The Bertz CT molecular complexity index is 1910. The Morgan fingerprint density at radius 3 is 1.69 bits per heavy atom. The second-order valence-corrected chi connectivity index (χ2v) is 12.1. The molecule has 0 bridgehead atoms. The zero-order valence-electron chi connectivity index (χ0n) is 25.5. The average molecular weight is 692 g/mol. The van der Waals surface area contributed by atoms with Crippen LogP contribution in [0.15, 0.2) is 109 Å². The van der Waals surface area contributed by atoms with E-state index in [1.807, 2.05) is 62.4 Å². The Morgan fingerprint density at radius 1 is 0.750 bits per heavy atom. The highest BCUT2D eigenvalue weighted by molar-refractivity contribution is 6.33. The van der Waals surface area contributed by atoms with E-state index in [1.54, 1.807) is 36.7 Å². The van der Waals surface area contributed by atoms with Crippen LogP contribution in [0.5, 0.6) is 5.75 Å². The van der Waals surface area contributed by atoms with Crippen molar-refractivity contribution in [3.63, 3.8) is 0 Å². The number of anilines is 1. The molecule has 244 valence electrons. The number of nitrogens with one attached hydrogen (secondary N) is 1. The van der Waals surface area contributed by atoms with Gasteiger partial charge in [-0.2, -0.15) is 0 Å². The van der Waals surface area contributed by atoms with Gasteiger partial charge >= 0.3 is 12.4 Å². The number of pyridine rings is 2. The van der Waals surface area contributed by atoms with Gasteiger partial charge in [0.1, 0.15) is 11.3 Å². The molecular formula is C36H27Cl2F3N4O3. The average Bonchev–Trinajstić information content (AvgIpc) is 3.34. The van der Waals surface area contributed by atoms with E-state index in [2.05, 4.69) is 20.0 Å². The fourth-order valence-electron chi connectivity index (χ4n) is 6.15. The predicted molar refractivity (Wildman–Crippen MR) is 178 cm³/mol. The summed E-state index contributed by atoms with van der Waals surface area (Å²) < 4.78 is 42.4. The van der Waals surface area contributed by atoms with Crippen LogP contribution in [0.4, 0.5) is 23.7 Å². The Morgan fingerprint density at radius 2 is 1.23 bits per heavy atom. The van der Waals surface area contributed by atoms with Gasteiger partial charge in [-0.05, 0) is 71.8 Å². The van der Waals surface area contributed by atoms with Gasteiger partial charge in [0.15, 0.2) is 0 Å². The number of hydrogen-bond acceptors (Lipinski definition) is 5. The topological polar surface area (TPSA) is 84.4 Å². The van der Waals surface area contributed by atoms with Crippen molar-refractivity contribution in [2.24, 2.45) is 0 Å². The monoisotopic (exact) mass is 690 g/mol. The second-order valence-electron chi connectivity index (χ2n) is 11.3. The molecule has 0 saturated carbocycles. The van der Waals surface area contributed by atoms with Gasteiger partial charge in [0.05, 0.1) is 17.1 Å². The molecule has 5 aromatic rings. The highest BCUT2D eigenvalue weighted by atomic mass is 35.5. The Kier molecular flexibility index (Phi) is 8.89. The summed E-state index contributed by atoms with van der Waals surface area (Å²) in [7, 11) is 0. The van der Waals surface area contributed by atoms with Gasteiger partial charge in [0.25, 0.3) is 5.91 Å². The van der Waals surface area contributed by atoms with E-state index in [1.165, 1.54) is 12.1 Å². The number of benzene rings is 3. The highest BCUT2D eigenvalue weighted by Gasteiger charge is 2.58. The zero-order chi connectivity index (χ0) is 34.2. The van der Waals surface area contributed by atoms with E-state index >= 15 is 0 Å². The largest absolute Gasteiger partial charge is 0.573 e. The molecule has 1 saturated heterocycles. The normalized spacial score (nSPS) is 17.6. The van der Waals surface area contributed by atoms with Crippen LogP contribution in [0.3, 0.4) is 0 Å². The first-order chi connectivity index (χ1) is 22.9. The Labute approximate surface area is 284 Å². The lowest BCUT2D eigenvalue weighted by atomic mass is 9.69. The molecule has 1 N–H and O–H groups in total. The van der Waals surface area contributed by atoms with E-state index in [0.29, 0.717) is 43.7 Å². The van der Waals surface area contributed by atoms with Crippen molar-refractivity contribution in [3.8, 4) is 28.3 Å². The van der Waals surface area contributed by atoms with Gasteiger partial charge in [-0.1, -0.05) is 73.4 Å². The quantitative estimate of drug-likeness (QED) is 0.164. The summed E-state index contributed by atoms with van der Waals surface area (Å²) in [6.07, 6.45) is -1.67. The first-order valence-corrected chi connectivity index (χ1v) is 15.6. The maximum atomic E-state index is 14.8. The van der Waals surface area contributed by atoms with Gasteiger partial charge in [-0.15, -0.1) is 13.2 Å². The number of carbonyl (C=O) groups is 2. The number of rotatable bonds is 8. The molecule has 2 aromatic heterocycles. The number of halogens is 5. The molecule has 12 heteroatoms. The molecule has 2 atom stereocenters. The summed E-state index contributed by atoms with van der Waals surface area (Å²) in [4.78, 5) is 38.5. The molecule has 2 unspecified atom stereocenters. The molecule has 1 aliphatic heterocycles. The lowest BCUT2D eigenvalue weighted by Crippen LogP contribution is -2.55. The van der Waals surface area contributed by atoms with Gasteiger partial charge < -0.3 is 10.1 Å². The van der Waals surface area contributed by atoms with Crippen molar-refractivity contribution in [2.45, 2.75) is 37.6 Å². The first-order valence-electron chi connectivity index (χ1n) is 14.8. The highest BCUT2D eigenvalue weighted by Crippen LogP contribution is 2.46. The molecule has 48 heavy (non-hydrogen) atoms. The van der Waals surface area contributed by atoms with Crippen LogP contribution in [0.1, 0.15) is 36.8 Å². The lowest BCUT2D eigenvalue weighted by Gasteiger charge is -2.39. The number of aromatic nitrogens is 2. The van der Waals surface area contributed by atoms with E-state index in [4.69, 9.17) is 23.2 Å². The number of nitrogens with zero attached hydrogens (tertiary/aromatic N) is 3. The summed E-state index contributed by atoms with van der Waals surface area (Å²) >= 11 is 13.0. The molecule has 1 aliphatic rings. The zero-order valence-corrected chi connectivity index (χ0v) is 27.0. The molecule has 7 nitrogen and oxygen atoms in total. The van der Waals surface area contributed by atoms with Gasteiger partial charge in [0, 0.05) is 45.4 Å². The number of alkyl halides is 3. The SMILES string of the molecule is CC(c1ccnc(-c2ccccc2Cl)c1)C1(C(C)c2ccnc(-c3ccccc3Cl)c2)NC(=O)N(c2ccc(OC(F)(F)F)cc2)C1=O. The maximum absolute atomic E-state index is 14.8. The molecule has 3 aromatic carbocycles. The number of urea groups is 1. The third kappa shape index (κ3) is 6.21. The van der Waals surface area contributed by atoms with Gasteiger partial charge in [0.2, 0.25) is 0 Å². The number of carbonyl (C=O) groups excluding carboxylic acids is 2. The fourth-order valence-corrected chi connectivity index (χ4v) is 6.61. The van der Waals surface area contributed by atoms with Crippen LogP contribution >= 0.6 is 23.2 Å². The van der Waals surface area contributed by atoms with Crippen LogP contribution in [0.2, 0.25) is 10.0 Å². The van der Waals surface area contributed by atoms with Crippen LogP contribution < -0.4 is 15.0 Å². The molecule has 3 heterocycles. The standard InChI is InChI=1S/C36H27Cl2F3N4O3/c1-21(23-15-17-42-31(19-23)27-7-3-5-9-29(27)37)35(22(2)24-16-18-43-32(20-24)28-8-4-6-10-30(28)38)33(46)45(34(47)44-35)25-11-13-26(14-12-25)48-36(39,40)41/h3-22H,1-2H3,(H,44,47). The first kappa shape index (κ1) is 33.0. The summed E-state index contributed by atoms with van der Waals surface area (Å²) in [6.45, 7) is 3.67. The second kappa shape index (κ2) is 12.9. The molecule has 0 radical (unpaired) electrons. The molecule has 1 fully saturated rings. The lowest BCUT2D eigenvalue weighted by molar-refractivity contribution is -0.274. The minimum absolute atomic E-state index is 0.0752. The van der Waals surface area contributed by atoms with Gasteiger partial charge in [-0.3, -0.25) is 14.8 Å². The Hall–Kier alpha value is -4.93. The van der Waals surface area contributed by atoms with Crippen molar-refractivity contribution in [2.75, 3.05) is 4.90 Å². The molecular weight excluding hydrogens is 664 g/mol. The molecule has 6 rings (SSSR count). The van der Waals surface area contributed by atoms with Crippen molar-refractivity contribution < 1.29 is 27.5 Å². The summed E-state index contributed by atoms with van der Waals surface area (Å²) in [5.74, 6) is -2.38. The number of amides is 3. The number of ether oxygens (including phenoxy) is 1. The minimum atomic E-state index is -4.90. The summed E-state index contributed by atoms with van der Waals surface area (Å²) in [5.41, 5.74) is 2.42. The molecule has 0 spiro atoms. The smallest absolute Gasteiger partial charge is 0.406 e. The van der Waals surface area contributed by atoms with Crippen molar-refractivity contribution >= 4 is 40.8 Å². The fraction of sp³-hybridized carbons (Fsp3) is 0.167. The van der Waals surface area contributed by atoms with E-state index < -0.39 is 41.4 Å². The van der Waals surface area contributed by atoms with Crippen molar-refractivity contribution in [1.82, 2.24) is 15.3 Å². The predicted octanol–water partition coefficient (Wildman–Crippen LogP) is 9.42. The van der Waals surface area contributed by atoms with Crippen LogP contribution in [-0.4, -0.2) is 33.8 Å². The summed E-state index contributed by atoms with van der Waals surface area (Å²) in [5, 5.41) is 3.98. The van der Waals surface area contributed by atoms with E-state index in [0.717, 1.165) is 17.0 Å². The van der Waals surface area contributed by atoms with Crippen LogP contribution in [-0.2, 0) is 4.79 Å². The number of hydrogen-bond donors (Lipinski definition) is 1. The van der Waals surface area contributed by atoms with Crippen molar-refractivity contribution in [3.05, 3.63) is 131 Å². The van der Waals surface area contributed by atoms with E-state index in [9.17, 15) is 22.8 Å². The molecule has 0 aliphatic carbocycles. The van der Waals surface area contributed by atoms with Gasteiger partial charge in [-0.25, -0.2) is 9.69 Å². The minimum Gasteiger partial charge on any atom is -0.406 e. The molecule has 3 amide bonds. The number of imide groups is 1. The Balaban J connectivity index is 1.46. The maximum Gasteiger partial charge on any atom is 0.573 e. The summed E-state index contributed by atoms with van der Waals surface area (Å²) in [6, 6.07) is 25.5.